The van der Waals surface area contributed by atoms with Crippen LogP contribution in [0.1, 0.15) is 53.2 Å². The number of nitrogens with zero attached hydrogens (tertiary/aromatic N) is 2. The minimum atomic E-state index is -4.40. The molecule has 0 saturated carbocycles. The Morgan fingerprint density at radius 2 is 0.938 bits per heavy atom. The summed E-state index contributed by atoms with van der Waals surface area (Å²) in [5, 5.41) is 20.7. The van der Waals surface area contributed by atoms with Crippen LogP contribution in [-0.2, 0) is 74.4 Å². The van der Waals surface area contributed by atoms with Crippen molar-refractivity contribution in [1.82, 2.24) is 31.2 Å². The van der Waals surface area contributed by atoms with E-state index in [1.165, 1.54) is 49.0 Å². The van der Waals surface area contributed by atoms with Crippen LogP contribution in [0.4, 0.5) is 21.0 Å². The fourth-order valence-corrected chi connectivity index (χ4v) is 11.7. The molecule has 0 spiro atoms. The van der Waals surface area contributed by atoms with Gasteiger partial charge in [-0.2, -0.15) is 8.42 Å². The molecule has 0 fully saturated rings. The Bertz CT molecular complexity index is 3360. The van der Waals surface area contributed by atoms with E-state index in [1.807, 2.05) is 111 Å². The number of carbonyl (C=O) groups is 4. The van der Waals surface area contributed by atoms with Crippen LogP contribution in [-0.4, -0.2) is 78.7 Å². The van der Waals surface area contributed by atoms with E-state index in [2.05, 4.69) is 26.0 Å². The van der Waals surface area contributed by atoms with E-state index >= 15 is 0 Å². The summed E-state index contributed by atoms with van der Waals surface area (Å²) < 4.78 is 66.9. The van der Waals surface area contributed by atoms with Gasteiger partial charge in [0, 0.05) is 40.2 Å². The predicted octanol–water partition coefficient (Wildman–Crippen LogP) is 6.79. The smallest absolute Gasteiger partial charge is 0.870 e. The van der Waals surface area contributed by atoms with Crippen LogP contribution in [0.2, 0.25) is 0 Å². The Balaban J connectivity index is 0.000000332. The van der Waals surface area contributed by atoms with Gasteiger partial charge in [-0.1, -0.05) is 104 Å². The molecular weight excluding hydrogens is 1160 g/mol. The summed E-state index contributed by atoms with van der Waals surface area (Å²) in [7, 11) is -4.34. The van der Waals surface area contributed by atoms with Crippen LogP contribution in [0.25, 0.3) is 19.8 Å². The van der Waals surface area contributed by atoms with Gasteiger partial charge in [0.1, 0.15) is 22.1 Å². The van der Waals surface area contributed by atoms with Crippen molar-refractivity contribution in [2.45, 2.75) is 57.3 Å². The van der Waals surface area contributed by atoms with Crippen molar-refractivity contribution in [3.05, 3.63) is 189 Å². The number of methoxy groups -OCH3 is 2. The van der Waals surface area contributed by atoms with Crippen molar-refractivity contribution in [3.63, 3.8) is 0 Å². The van der Waals surface area contributed by atoms with Crippen LogP contribution in [0.15, 0.2) is 155 Å². The average molecular weight is 1210 g/mol. The molecule has 4 heterocycles. The molecule has 0 bridgehead atoms. The predicted molar refractivity (Wildman–Crippen MR) is 308 cm³/mol. The number of benzene rings is 4. The van der Waals surface area contributed by atoms with Crippen molar-refractivity contribution < 1.29 is 85.1 Å². The monoisotopic (exact) mass is 1210 g/mol. The third-order valence-electron chi connectivity index (χ3n) is 11.2. The van der Waals surface area contributed by atoms with Gasteiger partial charge in [0.2, 0.25) is 11.8 Å². The molecule has 4 aromatic carbocycles. The molecule has 0 radical (unpaired) electrons. The maximum Gasteiger partial charge on any atom is 1.00 e. The number of aromatic nitrogens is 2. The molecule has 8 N–H and O–H groups in total. The van der Waals surface area contributed by atoms with Gasteiger partial charge in [-0.25, -0.2) is 19.6 Å². The van der Waals surface area contributed by atoms with Crippen molar-refractivity contribution in [2.24, 2.45) is 0 Å². The number of nitrogens with one attached hydrogen (secondary N) is 6. The summed E-state index contributed by atoms with van der Waals surface area (Å²) in [5.74, 6) is -0.792. The number of anilines is 2. The molecule has 0 aliphatic carbocycles. The van der Waals surface area contributed by atoms with Crippen LogP contribution in [0.3, 0.4) is 0 Å². The van der Waals surface area contributed by atoms with E-state index in [9.17, 15) is 36.0 Å². The summed E-state index contributed by atoms with van der Waals surface area (Å²) in [6.45, 7) is 0. The quantitative estimate of drug-likeness (QED) is 0.0209. The van der Waals surface area contributed by atoms with Gasteiger partial charge in [-0.3, -0.25) is 18.9 Å². The normalized spacial score (nSPS) is 12.2. The number of thiophene rings is 2. The Morgan fingerprint density at radius 3 is 1.29 bits per heavy atom. The molecule has 0 unspecified atom stereocenters. The summed E-state index contributed by atoms with van der Waals surface area (Å²) in [4.78, 5) is 62.7. The van der Waals surface area contributed by atoms with Gasteiger partial charge in [-0.15, -0.1) is 45.3 Å². The van der Waals surface area contributed by atoms with Gasteiger partial charge in [-0.05, 0) is 82.3 Å². The SMILES string of the molecule is C.COC(=O)N[C@H](Cc1ccccc1)C(=O)N[C@@H](Cc1ccc(NS(=O)(=O)O)cc1)c1csc(-c2cccs2)n1.COC(=O)N[C@H](Cc1ccccc1)C(=O)N[C@@H](Cc1ccc(N[S-](=O)=O)cc1)c1csc(-c2cccs2)n1.[Na+].[OH-]. The summed E-state index contributed by atoms with van der Waals surface area (Å²) in [5.41, 5.74) is 5.35. The number of rotatable bonds is 22. The molecular formula is C53H56N8NaO12S6-. The first-order valence-corrected chi connectivity index (χ1v) is 29.3. The molecule has 8 aromatic rings. The van der Waals surface area contributed by atoms with Crippen LogP contribution < -0.4 is 60.3 Å². The topological polar surface area (TPSA) is 303 Å². The fourth-order valence-electron chi connectivity index (χ4n) is 7.58. The Morgan fingerprint density at radius 1 is 0.550 bits per heavy atom. The number of amides is 4. The van der Waals surface area contributed by atoms with Crippen LogP contribution >= 0.6 is 45.3 Å². The van der Waals surface area contributed by atoms with E-state index in [4.69, 9.17) is 24.0 Å². The van der Waals surface area contributed by atoms with E-state index in [-0.39, 0.29) is 66.9 Å². The third kappa shape index (κ3) is 20.8. The molecule has 418 valence electrons. The standard InChI is InChI=1S/C26H26N4O6S3.C26H25N4O5S3.CH4.Na.H2O/c1-36-26(32)29-21(15-17-6-3-2-4-7-17)24(31)27-20(22-16-38-25(28-22)23-8-5-13-37-23)14-18-9-11-19(12-10-18)30-39(33,34)35;1-35-26(32)29-21(15-17-6-3-2-4-7-17)24(31)27-20(14-18-9-11-19(12-10-18)30-38(33)34)22-16-37-25(28-22)23-8-5-13-36-23;;;/h2-13,16,20-21,30H,14-15H2,1H3,(H,27,31)(H,29,32)(H,33,34,35);2-13,16,20-21H,14-15H2,1H3,(H,27,31)(H,29,32)(H,30,33,34);1H4;;1H2/q;-1;;+1;/p-1/t2*20-,21+;;;/m00.../s1. The first-order chi connectivity index (χ1) is 37.1. The molecule has 4 aromatic heterocycles. The van der Waals surface area contributed by atoms with E-state index in [0.717, 1.165) is 42.0 Å². The fraction of sp³-hybridized carbons (Fsp3) is 0.208. The van der Waals surface area contributed by atoms with Crippen molar-refractivity contribution in [2.75, 3.05) is 23.7 Å². The number of ether oxygens (including phenoxy) is 2. The van der Waals surface area contributed by atoms with Gasteiger partial charge >= 0.3 is 52.0 Å². The Hall–Kier alpha value is -6.56. The minimum Gasteiger partial charge on any atom is -0.870 e. The second-order valence-corrected chi connectivity index (χ2v) is 22.1. The van der Waals surface area contributed by atoms with E-state index in [0.29, 0.717) is 29.9 Å². The summed E-state index contributed by atoms with van der Waals surface area (Å²) in [6, 6.07) is 37.0. The van der Waals surface area contributed by atoms with Gasteiger partial charge in [0.25, 0.3) is 0 Å². The van der Waals surface area contributed by atoms with Gasteiger partial charge < -0.3 is 49.4 Å². The maximum absolute atomic E-state index is 13.5. The molecule has 27 heteroatoms. The molecule has 0 aliphatic heterocycles. The molecule has 0 aliphatic rings. The van der Waals surface area contributed by atoms with Crippen molar-refractivity contribution in [3.8, 4) is 19.8 Å². The van der Waals surface area contributed by atoms with Crippen LogP contribution in [0, 0.1) is 0 Å². The van der Waals surface area contributed by atoms with Gasteiger partial charge in [0.05, 0.1) is 53.1 Å². The summed E-state index contributed by atoms with van der Waals surface area (Å²) >= 11 is 6.09. The third-order valence-corrected chi connectivity index (χ3v) is 15.9. The zero-order valence-electron chi connectivity index (χ0n) is 42.5. The second-order valence-electron chi connectivity index (χ2n) is 16.7. The van der Waals surface area contributed by atoms with E-state index in [1.54, 1.807) is 59.1 Å². The molecule has 80 heavy (non-hydrogen) atoms. The maximum atomic E-state index is 13.5. The average Bonchev–Trinajstić information content (AvgIpc) is 4.32. The number of hydrogen-bond donors (Lipinski definition) is 7. The van der Waals surface area contributed by atoms with Crippen LogP contribution in [0.5, 0.6) is 0 Å². The number of carbonyl (C=O) groups excluding carboxylic acids is 4. The van der Waals surface area contributed by atoms with E-state index < -0.39 is 63.5 Å². The number of hydrogen-bond acceptors (Lipinski definition) is 18. The number of thiazole rings is 2. The molecule has 4 atom stereocenters. The first kappa shape index (κ1) is 66.0. The molecule has 20 nitrogen and oxygen atoms in total. The molecule has 8 rings (SSSR count). The zero-order chi connectivity index (χ0) is 54.7. The van der Waals surface area contributed by atoms with Crippen molar-refractivity contribution in [1.29, 1.82) is 0 Å². The number of alkyl carbamates (subject to hydrolysis) is 2. The molecule has 4 amide bonds. The zero-order valence-corrected chi connectivity index (χ0v) is 49.4. The summed E-state index contributed by atoms with van der Waals surface area (Å²) in [6.07, 6.45) is -0.165. The van der Waals surface area contributed by atoms with Gasteiger partial charge in [0.15, 0.2) is 0 Å². The Labute approximate surface area is 503 Å². The Kier molecular flexibility index (Phi) is 26.9. The first-order valence-electron chi connectivity index (χ1n) is 23.3. The minimum absolute atomic E-state index is 0. The molecule has 0 saturated heterocycles. The second kappa shape index (κ2) is 32.6. The van der Waals surface area contributed by atoms with Crippen molar-refractivity contribution >= 4 is 102 Å². The largest absolute Gasteiger partial charge is 1.00 e.